The molecule has 6 nitrogen and oxygen atoms in total. The molecular weight excluding hydrogens is 354 g/mol. The van der Waals surface area contributed by atoms with Gasteiger partial charge in [0, 0.05) is 18.8 Å². The maximum atomic E-state index is 12.4. The average molecular weight is 373 g/mol. The number of aromatic nitrogens is 1. The fourth-order valence-corrected chi connectivity index (χ4v) is 3.61. The predicted molar refractivity (Wildman–Crippen MR) is 105 cm³/mol. The smallest absolute Gasteiger partial charge is 0.270 e. The zero-order chi connectivity index (χ0) is 18.9. The lowest BCUT2D eigenvalue weighted by Gasteiger charge is -2.19. The number of amides is 1. The zero-order valence-electron chi connectivity index (χ0n) is 15.2. The first-order chi connectivity index (χ1) is 13.8. The molecule has 0 spiro atoms. The number of nitrogens with one attached hydrogen (secondary N) is 1. The van der Waals surface area contributed by atoms with Crippen LogP contribution in [0.25, 0.3) is 0 Å². The summed E-state index contributed by atoms with van der Waals surface area (Å²) in [6, 6.07) is 17.7. The van der Waals surface area contributed by atoms with E-state index >= 15 is 0 Å². The number of benzene rings is 2. The molecule has 0 radical (unpaired) electrons. The van der Waals surface area contributed by atoms with Crippen LogP contribution in [0.15, 0.2) is 60.8 Å². The summed E-state index contributed by atoms with van der Waals surface area (Å²) in [6.07, 6.45) is 2.78. The maximum Gasteiger partial charge on any atom is 0.270 e. The van der Waals surface area contributed by atoms with E-state index in [9.17, 15) is 4.79 Å². The first kappa shape index (κ1) is 16.6. The number of hydrogen-bond donors (Lipinski definition) is 1. The molecule has 0 saturated carbocycles. The molecule has 2 aliphatic heterocycles. The van der Waals surface area contributed by atoms with Crippen molar-refractivity contribution in [3.05, 3.63) is 77.6 Å². The highest BCUT2D eigenvalue weighted by molar-refractivity contribution is 5.92. The molecule has 6 heteroatoms. The van der Waals surface area contributed by atoms with Crippen LogP contribution in [0, 0.1) is 0 Å². The van der Waals surface area contributed by atoms with Gasteiger partial charge in [0.15, 0.2) is 11.5 Å². The molecule has 0 bridgehead atoms. The number of carbonyl (C=O) groups is 1. The number of fused-ring (bicyclic) bond motifs is 2. The Morgan fingerprint density at radius 3 is 2.86 bits per heavy atom. The van der Waals surface area contributed by atoms with Crippen LogP contribution in [0.4, 0.5) is 11.4 Å². The van der Waals surface area contributed by atoms with Crippen LogP contribution in [0.1, 0.15) is 21.6 Å². The average Bonchev–Trinajstić information content (AvgIpc) is 3.38. The summed E-state index contributed by atoms with van der Waals surface area (Å²) in [7, 11) is 0. The van der Waals surface area contributed by atoms with Crippen LogP contribution in [0.2, 0.25) is 0 Å². The van der Waals surface area contributed by atoms with E-state index in [1.54, 1.807) is 12.3 Å². The Hall–Kier alpha value is -3.54. The Labute approximate surface area is 162 Å². The van der Waals surface area contributed by atoms with Gasteiger partial charge in [-0.25, -0.2) is 4.98 Å². The molecular formula is C22H19N3O3. The number of para-hydroxylation sites is 1. The molecule has 140 valence electrons. The Morgan fingerprint density at radius 2 is 1.96 bits per heavy atom. The van der Waals surface area contributed by atoms with Gasteiger partial charge in [0.05, 0.1) is 11.9 Å². The van der Waals surface area contributed by atoms with E-state index in [0.717, 1.165) is 30.0 Å². The predicted octanol–water partition coefficient (Wildman–Crippen LogP) is 3.43. The number of anilines is 2. The van der Waals surface area contributed by atoms with Gasteiger partial charge < -0.3 is 19.7 Å². The van der Waals surface area contributed by atoms with Gasteiger partial charge in [0.1, 0.15) is 5.69 Å². The van der Waals surface area contributed by atoms with Crippen molar-refractivity contribution in [3.8, 4) is 11.5 Å². The Balaban J connectivity index is 1.25. The molecule has 3 aromatic rings. The van der Waals surface area contributed by atoms with Crippen molar-refractivity contribution in [2.75, 3.05) is 18.2 Å². The van der Waals surface area contributed by atoms with E-state index in [-0.39, 0.29) is 12.7 Å². The van der Waals surface area contributed by atoms with Crippen LogP contribution < -0.4 is 19.7 Å². The monoisotopic (exact) mass is 373 g/mol. The Kier molecular flexibility index (Phi) is 4.09. The highest BCUT2D eigenvalue weighted by Gasteiger charge is 2.20. The van der Waals surface area contributed by atoms with E-state index in [1.807, 2.05) is 30.3 Å². The van der Waals surface area contributed by atoms with Crippen LogP contribution >= 0.6 is 0 Å². The SMILES string of the molecule is O=C(NCc1ccc2c(c1)OCO2)c1ccc(N2CCc3ccccc32)cn1. The summed E-state index contributed by atoms with van der Waals surface area (Å²) in [4.78, 5) is 19.0. The number of pyridine rings is 1. The molecule has 28 heavy (non-hydrogen) atoms. The van der Waals surface area contributed by atoms with Crippen molar-refractivity contribution in [1.82, 2.24) is 10.3 Å². The molecule has 2 aromatic carbocycles. The molecule has 2 aliphatic rings. The second-order valence-electron chi connectivity index (χ2n) is 6.80. The van der Waals surface area contributed by atoms with Gasteiger partial charge in [-0.2, -0.15) is 0 Å². The van der Waals surface area contributed by atoms with Gasteiger partial charge in [-0.1, -0.05) is 24.3 Å². The number of hydrogen-bond acceptors (Lipinski definition) is 5. The molecule has 0 saturated heterocycles. The van der Waals surface area contributed by atoms with Crippen molar-refractivity contribution in [2.24, 2.45) is 0 Å². The van der Waals surface area contributed by atoms with Gasteiger partial charge in [-0.05, 0) is 47.9 Å². The van der Waals surface area contributed by atoms with Crippen LogP contribution in [0.3, 0.4) is 0 Å². The molecule has 0 fully saturated rings. The molecule has 1 aromatic heterocycles. The Morgan fingerprint density at radius 1 is 1.07 bits per heavy atom. The summed E-state index contributed by atoms with van der Waals surface area (Å²) >= 11 is 0. The van der Waals surface area contributed by atoms with E-state index in [0.29, 0.717) is 18.0 Å². The molecule has 1 amide bonds. The quantitative estimate of drug-likeness (QED) is 0.759. The van der Waals surface area contributed by atoms with Gasteiger partial charge in [-0.15, -0.1) is 0 Å². The van der Waals surface area contributed by atoms with Crippen molar-refractivity contribution in [1.29, 1.82) is 0 Å². The van der Waals surface area contributed by atoms with Crippen LogP contribution in [-0.2, 0) is 13.0 Å². The van der Waals surface area contributed by atoms with Crippen LogP contribution in [-0.4, -0.2) is 24.2 Å². The summed E-state index contributed by atoms with van der Waals surface area (Å²) in [5.41, 5.74) is 4.90. The van der Waals surface area contributed by atoms with Gasteiger partial charge in [0.25, 0.3) is 5.91 Å². The van der Waals surface area contributed by atoms with Crippen LogP contribution in [0.5, 0.6) is 11.5 Å². The molecule has 1 N–H and O–H groups in total. The van der Waals surface area contributed by atoms with Gasteiger partial charge in [0.2, 0.25) is 6.79 Å². The number of rotatable bonds is 4. The number of carbonyl (C=O) groups excluding carboxylic acids is 1. The first-order valence-electron chi connectivity index (χ1n) is 9.26. The number of ether oxygens (including phenoxy) is 2. The zero-order valence-corrected chi connectivity index (χ0v) is 15.2. The van der Waals surface area contributed by atoms with Crippen molar-refractivity contribution in [3.63, 3.8) is 0 Å². The van der Waals surface area contributed by atoms with Crippen molar-refractivity contribution in [2.45, 2.75) is 13.0 Å². The third kappa shape index (κ3) is 3.03. The highest BCUT2D eigenvalue weighted by Crippen LogP contribution is 2.34. The summed E-state index contributed by atoms with van der Waals surface area (Å²) in [5, 5.41) is 2.90. The lowest BCUT2D eigenvalue weighted by molar-refractivity contribution is 0.0946. The minimum Gasteiger partial charge on any atom is -0.454 e. The molecule has 5 rings (SSSR count). The summed E-state index contributed by atoms with van der Waals surface area (Å²) in [6.45, 7) is 1.57. The van der Waals surface area contributed by atoms with E-state index in [4.69, 9.17) is 9.47 Å². The maximum absolute atomic E-state index is 12.4. The third-order valence-electron chi connectivity index (χ3n) is 5.07. The van der Waals surface area contributed by atoms with E-state index in [2.05, 4.69) is 33.4 Å². The van der Waals surface area contributed by atoms with Crippen molar-refractivity contribution < 1.29 is 14.3 Å². The fraction of sp³-hybridized carbons (Fsp3) is 0.182. The second kappa shape index (κ2) is 6.88. The Bertz CT molecular complexity index is 1030. The largest absolute Gasteiger partial charge is 0.454 e. The fourth-order valence-electron chi connectivity index (χ4n) is 3.61. The van der Waals surface area contributed by atoms with E-state index < -0.39 is 0 Å². The normalized spacial score (nSPS) is 14.1. The van der Waals surface area contributed by atoms with Crippen molar-refractivity contribution >= 4 is 17.3 Å². The minimum absolute atomic E-state index is 0.203. The van der Waals surface area contributed by atoms with E-state index in [1.165, 1.54) is 11.3 Å². The first-order valence-corrected chi connectivity index (χ1v) is 9.26. The molecule has 0 aliphatic carbocycles. The summed E-state index contributed by atoms with van der Waals surface area (Å²) < 4.78 is 10.7. The highest BCUT2D eigenvalue weighted by atomic mass is 16.7. The van der Waals surface area contributed by atoms with Gasteiger partial charge in [-0.3, -0.25) is 4.79 Å². The second-order valence-corrected chi connectivity index (χ2v) is 6.80. The molecule has 0 atom stereocenters. The lowest BCUT2D eigenvalue weighted by Crippen LogP contribution is -2.24. The lowest BCUT2D eigenvalue weighted by atomic mass is 10.2. The topological polar surface area (TPSA) is 63.7 Å². The minimum atomic E-state index is -0.203. The number of nitrogens with zero attached hydrogens (tertiary/aromatic N) is 2. The third-order valence-corrected chi connectivity index (χ3v) is 5.07. The summed E-state index contributed by atoms with van der Waals surface area (Å²) in [5.74, 6) is 1.24. The molecule has 0 unspecified atom stereocenters. The molecule has 3 heterocycles. The standard InChI is InChI=1S/C22H19N3O3/c26-22(24-12-15-5-8-20-21(11-15)28-14-27-20)18-7-6-17(13-23-18)25-10-9-16-3-1-2-4-19(16)25/h1-8,11,13H,9-10,12,14H2,(H,24,26). The van der Waals surface area contributed by atoms with Gasteiger partial charge >= 0.3 is 0 Å².